The fraction of sp³-hybridized carbons (Fsp3) is 0.688. The Morgan fingerprint density at radius 2 is 2.04 bits per heavy atom. The fourth-order valence-electron chi connectivity index (χ4n) is 3.29. The lowest BCUT2D eigenvalue weighted by Gasteiger charge is -2.30. The molecule has 0 aromatic rings. The Morgan fingerprint density at radius 3 is 2.57 bits per heavy atom. The molecular formula is C16H24N2O5. The van der Waals surface area contributed by atoms with E-state index in [0.29, 0.717) is 6.42 Å². The molecular weight excluding hydrogens is 300 g/mol. The number of allylic oxidation sites excluding steroid dienone is 1. The number of fused-ring (bicyclic) bond motifs is 1. The summed E-state index contributed by atoms with van der Waals surface area (Å²) in [6, 6.07) is 0. The van der Waals surface area contributed by atoms with Gasteiger partial charge in [0.1, 0.15) is 5.60 Å². The molecule has 0 saturated carbocycles. The maximum Gasteiger partial charge on any atom is 0.426 e. The minimum atomic E-state index is -0.969. The normalized spacial score (nSPS) is 30.1. The van der Waals surface area contributed by atoms with Crippen LogP contribution in [0.2, 0.25) is 0 Å². The van der Waals surface area contributed by atoms with E-state index < -0.39 is 29.5 Å². The Hall–Kier alpha value is -2.05. The summed E-state index contributed by atoms with van der Waals surface area (Å²) < 4.78 is 5.14. The first-order valence-electron chi connectivity index (χ1n) is 7.86. The summed E-state index contributed by atoms with van der Waals surface area (Å²) in [7, 11) is 0. The summed E-state index contributed by atoms with van der Waals surface area (Å²) in [6.45, 7) is 7.36. The van der Waals surface area contributed by atoms with Crippen molar-refractivity contribution in [1.29, 1.82) is 0 Å². The molecule has 1 aliphatic heterocycles. The van der Waals surface area contributed by atoms with Crippen molar-refractivity contribution in [3.8, 4) is 0 Å². The first kappa shape index (κ1) is 17.3. The molecule has 1 heterocycles. The number of carboxylic acid groups (broad SMARTS) is 1. The van der Waals surface area contributed by atoms with Gasteiger partial charge in [-0.05, 0) is 33.1 Å². The van der Waals surface area contributed by atoms with Crippen LogP contribution in [0.1, 0.15) is 34.1 Å². The van der Waals surface area contributed by atoms with Gasteiger partial charge in [-0.2, -0.15) is 0 Å². The Kier molecular flexibility index (Phi) is 4.68. The van der Waals surface area contributed by atoms with Gasteiger partial charge >= 0.3 is 12.1 Å². The van der Waals surface area contributed by atoms with Crippen LogP contribution in [0.25, 0.3) is 0 Å². The Morgan fingerprint density at radius 1 is 1.39 bits per heavy atom. The Labute approximate surface area is 135 Å². The Bertz CT molecular complexity index is 537. The summed E-state index contributed by atoms with van der Waals surface area (Å²) in [5, 5.41) is 10.7. The molecule has 2 amide bonds. The number of carbonyl (C=O) groups excluding carboxylic acids is 2. The van der Waals surface area contributed by atoms with E-state index in [2.05, 4.69) is 5.43 Å². The smallest absolute Gasteiger partial charge is 0.426 e. The summed E-state index contributed by atoms with van der Waals surface area (Å²) in [6.07, 6.45) is 3.72. The first-order chi connectivity index (χ1) is 10.6. The third-order valence-electron chi connectivity index (χ3n) is 4.24. The van der Waals surface area contributed by atoms with Gasteiger partial charge in [-0.3, -0.25) is 14.6 Å². The molecule has 7 nitrogen and oxygen atoms in total. The third-order valence-corrected chi connectivity index (χ3v) is 4.24. The Balaban J connectivity index is 2.13. The molecule has 4 atom stereocenters. The highest BCUT2D eigenvalue weighted by Crippen LogP contribution is 2.41. The summed E-state index contributed by atoms with van der Waals surface area (Å²) >= 11 is 0. The highest BCUT2D eigenvalue weighted by Gasteiger charge is 2.51. The van der Waals surface area contributed by atoms with E-state index in [1.807, 2.05) is 19.1 Å². The number of nitrogens with one attached hydrogen (secondary N) is 1. The van der Waals surface area contributed by atoms with Gasteiger partial charge in [0.05, 0.1) is 11.8 Å². The molecule has 0 bridgehead atoms. The van der Waals surface area contributed by atoms with Crippen LogP contribution < -0.4 is 5.43 Å². The van der Waals surface area contributed by atoms with E-state index >= 15 is 0 Å². The van der Waals surface area contributed by atoms with Gasteiger partial charge in [-0.1, -0.05) is 19.1 Å². The lowest BCUT2D eigenvalue weighted by atomic mass is 9.71. The van der Waals surface area contributed by atoms with Crippen molar-refractivity contribution < 1.29 is 24.2 Å². The van der Waals surface area contributed by atoms with Crippen molar-refractivity contribution >= 4 is 18.0 Å². The number of aliphatic carboxylic acids is 1. The van der Waals surface area contributed by atoms with Gasteiger partial charge in [0, 0.05) is 12.5 Å². The molecule has 1 saturated heterocycles. The van der Waals surface area contributed by atoms with Crippen molar-refractivity contribution in [1.82, 2.24) is 10.4 Å². The summed E-state index contributed by atoms with van der Waals surface area (Å²) in [4.78, 5) is 36.0. The minimum Gasteiger partial charge on any atom is -0.481 e. The molecule has 0 unspecified atom stereocenters. The van der Waals surface area contributed by atoms with E-state index in [0.717, 1.165) is 0 Å². The fourth-order valence-corrected chi connectivity index (χ4v) is 3.29. The van der Waals surface area contributed by atoms with Crippen LogP contribution in [0, 0.1) is 23.7 Å². The molecule has 0 aromatic heterocycles. The second-order valence-electron chi connectivity index (χ2n) is 7.07. The van der Waals surface area contributed by atoms with E-state index in [9.17, 15) is 19.5 Å². The molecule has 2 aliphatic rings. The van der Waals surface area contributed by atoms with Crippen molar-refractivity contribution in [2.24, 2.45) is 23.7 Å². The number of rotatable bonds is 3. The molecule has 0 radical (unpaired) electrons. The van der Waals surface area contributed by atoms with Crippen molar-refractivity contribution in [3.05, 3.63) is 12.2 Å². The number of nitrogens with zero attached hydrogens (tertiary/aromatic N) is 1. The van der Waals surface area contributed by atoms with Crippen LogP contribution in [0.3, 0.4) is 0 Å². The molecule has 128 valence electrons. The first-order valence-corrected chi connectivity index (χ1v) is 7.86. The molecule has 0 spiro atoms. The number of hydrogen-bond acceptors (Lipinski definition) is 4. The predicted octanol–water partition coefficient (Wildman–Crippen LogP) is 1.80. The standard InChI is InChI=1S/C16H24N2O5/c1-5-9-6-7-10-8-18(17-15(22)23-16(2,3)4)13(19)11(10)12(9)14(20)21/h6-7,9-12H,5,8H2,1-4H3,(H,17,22)(H,20,21)/t9-,10+,11+,12-/m1/s1. The molecule has 2 N–H and O–H groups in total. The zero-order valence-corrected chi connectivity index (χ0v) is 13.9. The van der Waals surface area contributed by atoms with E-state index in [4.69, 9.17) is 4.74 Å². The number of amides is 2. The van der Waals surface area contributed by atoms with E-state index in [1.54, 1.807) is 20.8 Å². The lowest BCUT2D eigenvalue weighted by Crippen LogP contribution is -2.47. The number of carboxylic acids is 1. The topological polar surface area (TPSA) is 95.9 Å². The van der Waals surface area contributed by atoms with Crippen LogP contribution in [0.5, 0.6) is 0 Å². The highest BCUT2D eigenvalue weighted by atomic mass is 16.6. The third kappa shape index (κ3) is 3.65. The molecule has 0 aromatic carbocycles. The van der Waals surface area contributed by atoms with Crippen LogP contribution in [0.4, 0.5) is 4.79 Å². The minimum absolute atomic E-state index is 0.167. The summed E-state index contributed by atoms with van der Waals surface area (Å²) in [5.74, 6) is -3.11. The van der Waals surface area contributed by atoms with Crippen molar-refractivity contribution in [2.75, 3.05) is 6.54 Å². The highest BCUT2D eigenvalue weighted by molar-refractivity contribution is 5.89. The maximum atomic E-state index is 12.6. The molecule has 23 heavy (non-hydrogen) atoms. The maximum absolute atomic E-state index is 12.6. The van der Waals surface area contributed by atoms with Crippen molar-refractivity contribution in [2.45, 2.75) is 39.7 Å². The van der Waals surface area contributed by atoms with Crippen molar-refractivity contribution in [3.63, 3.8) is 0 Å². The van der Waals surface area contributed by atoms with Gasteiger partial charge in [-0.25, -0.2) is 10.2 Å². The van der Waals surface area contributed by atoms with Gasteiger partial charge in [0.15, 0.2) is 0 Å². The lowest BCUT2D eigenvalue weighted by molar-refractivity contribution is -0.151. The SMILES string of the molecule is CC[C@@H]1C=C[C@H]2CN(NC(=O)OC(C)(C)C)C(=O)[C@@H]2[C@@H]1C(=O)O. The zero-order chi connectivity index (χ0) is 17.4. The van der Waals surface area contributed by atoms with Crippen LogP contribution in [-0.4, -0.2) is 40.2 Å². The molecule has 2 rings (SSSR count). The van der Waals surface area contributed by atoms with Gasteiger partial charge in [-0.15, -0.1) is 0 Å². The number of ether oxygens (including phenoxy) is 1. The average Bonchev–Trinajstić information content (AvgIpc) is 2.72. The second-order valence-corrected chi connectivity index (χ2v) is 7.07. The van der Waals surface area contributed by atoms with Crippen LogP contribution in [0.15, 0.2) is 12.2 Å². The van der Waals surface area contributed by atoms with Crippen LogP contribution in [-0.2, 0) is 14.3 Å². The number of hydrazine groups is 1. The summed E-state index contributed by atoms with van der Waals surface area (Å²) in [5.41, 5.74) is 1.76. The zero-order valence-electron chi connectivity index (χ0n) is 13.9. The monoisotopic (exact) mass is 324 g/mol. The molecule has 7 heteroatoms. The molecule has 1 fully saturated rings. The van der Waals surface area contributed by atoms with Crippen LogP contribution >= 0.6 is 0 Å². The molecule has 1 aliphatic carbocycles. The van der Waals surface area contributed by atoms with Gasteiger partial charge < -0.3 is 9.84 Å². The largest absolute Gasteiger partial charge is 0.481 e. The van der Waals surface area contributed by atoms with Gasteiger partial charge in [0.25, 0.3) is 0 Å². The van der Waals surface area contributed by atoms with E-state index in [1.165, 1.54) is 5.01 Å². The number of hydrogen-bond donors (Lipinski definition) is 2. The predicted molar refractivity (Wildman–Crippen MR) is 82.1 cm³/mol. The quantitative estimate of drug-likeness (QED) is 0.772. The average molecular weight is 324 g/mol. The van der Waals surface area contributed by atoms with Gasteiger partial charge in [0.2, 0.25) is 5.91 Å². The second kappa shape index (κ2) is 6.22. The van der Waals surface area contributed by atoms with E-state index in [-0.39, 0.29) is 24.3 Å². The number of carbonyl (C=O) groups is 3.